The maximum atomic E-state index is 12.2. The summed E-state index contributed by atoms with van der Waals surface area (Å²) in [4.78, 5) is 3.70. The highest BCUT2D eigenvalue weighted by Crippen LogP contribution is 2.22. The van der Waals surface area contributed by atoms with Gasteiger partial charge >= 0.3 is 0 Å². The third-order valence-electron chi connectivity index (χ3n) is 3.14. The normalized spacial score (nSPS) is 19.3. The second-order valence-corrected chi connectivity index (χ2v) is 9.12. The fraction of sp³-hybridized carbons (Fsp3) is 0.500. The molecule has 0 spiro atoms. The molecule has 21 heavy (non-hydrogen) atoms. The maximum Gasteiger partial charge on any atom is 0.242 e. The smallest absolute Gasteiger partial charge is 0.242 e. The van der Waals surface area contributed by atoms with Crippen LogP contribution in [0.3, 0.4) is 0 Å². The average molecular weight is 355 g/mol. The molecular formula is C10H15ClN4O4S2. The second-order valence-electron chi connectivity index (χ2n) is 4.69. The van der Waals surface area contributed by atoms with Gasteiger partial charge < -0.3 is 5.43 Å². The number of nitrogens with one attached hydrogen (secondary N) is 2. The first-order valence-electron chi connectivity index (χ1n) is 6.08. The van der Waals surface area contributed by atoms with E-state index in [2.05, 4.69) is 15.1 Å². The van der Waals surface area contributed by atoms with Crippen LogP contribution < -0.4 is 16.0 Å². The van der Waals surface area contributed by atoms with Crippen LogP contribution >= 0.6 is 11.6 Å². The van der Waals surface area contributed by atoms with Gasteiger partial charge in [-0.25, -0.2) is 32.4 Å². The molecular weight excluding hydrogens is 340 g/mol. The van der Waals surface area contributed by atoms with Gasteiger partial charge in [0.1, 0.15) is 14.7 Å². The number of sulfonamides is 1. The van der Waals surface area contributed by atoms with E-state index >= 15 is 0 Å². The number of hydrogen-bond acceptors (Lipinski definition) is 7. The van der Waals surface area contributed by atoms with E-state index < -0.39 is 25.9 Å². The van der Waals surface area contributed by atoms with Crippen LogP contribution in [0.2, 0.25) is 5.02 Å². The maximum absolute atomic E-state index is 12.2. The predicted molar refractivity (Wildman–Crippen MR) is 79.1 cm³/mol. The highest BCUT2D eigenvalue weighted by Gasteiger charge is 2.28. The lowest BCUT2D eigenvalue weighted by atomic mass is 10.2. The van der Waals surface area contributed by atoms with Gasteiger partial charge in [0.05, 0.1) is 16.5 Å². The van der Waals surface area contributed by atoms with E-state index in [1.807, 2.05) is 0 Å². The van der Waals surface area contributed by atoms with Gasteiger partial charge in [0.25, 0.3) is 0 Å². The number of anilines is 1. The van der Waals surface area contributed by atoms with Gasteiger partial charge in [0.15, 0.2) is 5.82 Å². The molecule has 4 N–H and O–H groups in total. The molecule has 11 heteroatoms. The molecule has 0 saturated carbocycles. The van der Waals surface area contributed by atoms with Crippen molar-refractivity contribution in [3.8, 4) is 0 Å². The Morgan fingerprint density at radius 2 is 1.95 bits per heavy atom. The summed E-state index contributed by atoms with van der Waals surface area (Å²) in [7, 11) is -6.85. The molecule has 2 rings (SSSR count). The van der Waals surface area contributed by atoms with Gasteiger partial charge in [-0.3, -0.25) is 0 Å². The monoisotopic (exact) mass is 354 g/mol. The van der Waals surface area contributed by atoms with E-state index in [0.29, 0.717) is 0 Å². The summed E-state index contributed by atoms with van der Waals surface area (Å²) in [6.45, 7) is 0. The molecule has 1 aliphatic heterocycles. The van der Waals surface area contributed by atoms with Crippen LogP contribution in [-0.2, 0) is 19.9 Å². The minimum Gasteiger partial charge on any atom is -0.307 e. The van der Waals surface area contributed by atoms with Crippen molar-refractivity contribution in [2.45, 2.75) is 23.8 Å². The summed E-state index contributed by atoms with van der Waals surface area (Å²) < 4.78 is 49.5. The average Bonchev–Trinajstić information content (AvgIpc) is 2.41. The Morgan fingerprint density at radius 3 is 2.48 bits per heavy atom. The van der Waals surface area contributed by atoms with Gasteiger partial charge in [0.2, 0.25) is 10.0 Å². The molecule has 1 aliphatic rings. The van der Waals surface area contributed by atoms with Crippen LogP contribution in [0.15, 0.2) is 17.2 Å². The third kappa shape index (κ3) is 4.04. The summed E-state index contributed by atoms with van der Waals surface area (Å²) >= 11 is 5.84. The molecule has 1 aromatic rings. The highest BCUT2D eigenvalue weighted by molar-refractivity contribution is 7.91. The lowest BCUT2D eigenvalue weighted by molar-refractivity contribution is 0.505. The summed E-state index contributed by atoms with van der Waals surface area (Å²) in [6, 6.07) is 0.815. The zero-order valence-electron chi connectivity index (χ0n) is 10.9. The predicted octanol–water partition coefficient (Wildman–Crippen LogP) is -0.124. The van der Waals surface area contributed by atoms with Crippen LogP contribution in [0.5, 0.6) is 0 Å². The Morgan fingerprint density at radius 1 is 1.33 bits per heavy atom. The quantitative estimate of drug-likeness (QED) is 0.507. The second kappa shape index (κ2) is 6.05. The molecule has 0 aromatic carbocycles. The Hall–Kier alpha value is -0.940. The van der Waals surface area contributed by atoms with E-state index in [1.54, 1.807) is 0 Å². The van der Waals surface area contributed by atoms with Gasteiger partial charge in [-0.2, -0.15) is 0 Å². The number of pyridine rings is 1. The molecule has 0 unspecified atom stereocenters. The molecule has 118 valence electrons. The van der Waals surface area contributed by atoms with Crippen molar-refractivity contribution in [2.75, 3.05) is 16.9 Å². The first-order valence-corrected chi connectivity index (χ1v) is 9.77. The molecule has 1 aromatic heterocycles. The third-order valence-corrected chi connectivity index (χ3v) is 6.63. The van der Waals surface area contributed by atoms with Crippen molar-refractivity contribution in [1.29, 1.82) is 0 Å². The zero-order chi connectivity index (χ0) is 15.7. The lowest BCUT2D eigenvalue weighted by Gasteiger charge is -2.22. The summed E-state index contributed by atoms with van der Waals surface area (Å²) in [5.41, 5.74) is 2.24. The van der Waals surface area contributed by atoms with Crippen LogP contribution in [0.4, 0.5) is 5.82 Å². The minimum atomic E-state index is -3.81. The van der Waals surface area contributed by atoms with E-state index in [-0.39, 0.29) is 40.1 Å². The first kappa shape index (κ1) is 16.4. The van der Waals surface area contributed by atoms with E-state index in [4.69, 9.17) is 17.4 Å². The number of sulfone groups is 1. The van der Waals surface area contributed by atoms with Crippen LogP contribution in [0, 0.1) is 0 Å². The lowest BCUT2D eigenvalue weighted by Crippen LogP contribution is -2.40. The molecule has 0 atom stereocenters. The number of hydrazine groups is 1. The molecule has 1 saturated heterocycles. The topological polar surface area (TPSA) is 131 Å². The standard InChI is InChI=1S/C10H15ClN4O4S2/c11-9-5-8(6-13-10(9)14-12)21(18,19)15-7-1-3-20(16,17)4-2-7/h5-7,15H,1-4,12H2,(H,13,14). The van der Waals surface area contributed by atoms with Gasteiger partial charge in [0, 0.05) is 12.2 Å². The molecule has 0 amide bonds. The number of aromatic nitrogens is 1. The number of halogens is 1. The summed E-state index contributed by atoms with van der Waals surface area (Å²) in [5.74, 6) is 5.29. The van der Waals surface area contributed by atoms with Crippen molar-refractivity contribution >= 4 is 37.3 Å². The number of nitrogens with two attached hydrogens (primary N) is 1. The largest absolute Gasteiger partial charge is 0.307 e. The van der Waals surface area contributed by atoms with Gasteiger partial charge in [-0.1, -0.05) is 11.6 Å². The van der Waals surface area contributed by atoms with Crippen molar-refractivity contribution < 1.29 is 16.8 Å². The highest BCUT2D eigenvalue weighted by atomic mass is 35.5. The van der Waals surface area contributed by atoms with Crippen LogP contribution in [0.1, 0.15) is 12.8 Å². The van der Waals surface area contributed by atoms with Crippen molar-refractivity contribution in [3.63, 3.8) is 0 Å². The Kier molecular flexibility index (Phi) is 4.73. The number of nitrogens with zero attached hydrogens (tertiary/aromatic N) is 1. The van der Waals surface area contributed by atoms with Crippen LogP contribution in [-0.4, -0.2) is 39.4 Å². The molecule has 0 bridgehead atoms. The number of rotatable bonds is 4. The molecule has 1 fully saturated rings. The van der Waals surface area contributed by atoms with Crippen LogP contribution in [0.25, 0.3) is 0 Å². The fourth-order valence-corrected chi connectivity index (χ4v) is 5.02. The minimum absolute atomic E-state index is 0.0186. The van der Waals surface area contributed by atoms with Crippen molar-refractivity contribution in [1.82, 2.24) is 9.71 Å². The first-order chi connectivity index (χ1) is 9.73. The molecule has 8 nitrogen and oxygen atoms in total. The SMILES string of the molecule is NNc1ncc(S(=O)(=O)NC2CCS(=O)(=O)CC2)cc1Cl. The number of nitrogen functional groups attached to an aromatic ring is 1. The Labute approximate surface area is 128 Å². The number of hydrogen-bond donors (Lipinski definition) is 3. The summed E-state index contributed by atoms with van der Waals surface area (Å²) in [5, 5.41) is 0.0756. The van der Waals surface area contributed by atoms with E-state index in [0.717, 1.165) is 6.20 Å². The Balaban J connectivity index is 2.14. The Bertz CT molecular complexity index is 721. The van der Waals surface area contributed by atoms with Crippen molar-refractivity contribution in [3.05, 3.63) is 17.3 Å². The van der Waals surface area contributed by atoms with Gasteiger partial charge in [-0.05, 0) is 18.9 Å². The molecule has 0 aliphatic carbocycles. The summed E-state index contributed by atoms with van der Waals surface area (Å²) in [6.07, 6.45) is 1.64. The molecule has 2 heterocycles. The zero-order valence-corrected chi connectivity index (χ0v) is 13.3. The molecule has 0 radical (unpaired) electrons. The fourth-order valence-electron chi connectivity index (χ4n) is 1.97. The van der Waals surface area contributed by atoms with Crippen molar-refractivity contribution in [2.24, 2.45) is 5.84 Å². The van der Waals surface area contributed by atoms with E-state index in [9.17, 15) is 16.8 Å². The van der Waals surface area contributed by atoms with E-state index in [1.165, 1.54) is 6.07 Å². The van der Waals surface area contributed by atoms with Gasteiger partial charge in [-0.15, -0.1) is 0 Å².